The molecular weight excluding hydrogens is 383 g/mol. The number of anilines is 1. The fourth-order valence-corrected chi connectivity index (χ4v) is 4.19. The molecule has 10 heteroatoms. The second-order valence-electron chi connectivity index (χ2n) is 6.45. The number of aromatic nitrogens is 4. The number of nitrogens with zero attached hydrogens (tertiary/aromatic N) is 4. The third-order valence-electron chi connectivity index (χ3n) is 4.75. The lowest BCUT2D eigenvalue weighted by Crippen LogP contribution is -2.35. The first-order valence-corrected chi connectivity index (χ1v) is 10.4. The number of aromatic amines is 1. The minimum atomic E-state index is -3.22. The second kappa shape index (κ2) is 6.95. The van der Waals surface area contributed by atoms with Crippen molar-refractivity contribution in [2.75, 3.05) is 24.6 Å². The van der Waals surface area contributed by atoms with Crippen LogP contribution in [0.3, 0.4) is 0 Å². The molecule has 0 amide bonds. The van der Waals surface area contributed by atoms with Crippen LogP contribution in [0.2, 0.25) is 0 Å². The SMILES string of the molecule is CCS(=O)(=O)N1CC=C(c2cnc(N)c(-c3nc4c(F)cccc4[nH]3)n2)CC1.[HH].[HH]. The van der Waals surface area contributed by atoms with Gasteiger partial charge in [-0.3, -0.25) is 0 Å². The van der Waals surface area contributed by atoms with E-state index in [1.54, 1.807) is 25.3 Å². The molecule has 150 valence electrons. The van der Waals surface area contributed by atoms with Crippen molar-refractivity contribution in [1.82, 2.24) is 24.2 Å². The lowest BCUT2D eigenvalue weighted by molar-refractivity contribution is 0.442. The minimum Gasteiger partial charge on any atom is -0.382 e. The number of hydrogen-bond donors (Lipinski definition) is 2. The van der Waals surface area contributed by atoms with Gasteiger partial charge in [0.15, 0.2) is 17.5 Å². The second-order valence-corrected chi connectivity index (χ2v) is 8.71. The number of nitrogens with two attached hydrogens (primary N) is 1. The summed E-state index contributed by atoms with van der Waals surface area (Å²) >= 11 is 0. The van der Waals surface area contributed by atoms with E-state index in [9.17, 15) is 12.8 Å². The van der Waals surface area contributed by atoms with Crippen molar-refractivity contribution >= 4 is 32.4 Å². The van der Waals surface area contributed by atoms with Crippen molar-refractivity contribution in [2.45, 2.75) is 13.3 Å². The molecule has 1 aliphatic heterocycles. The molecule has 2 aromatic heterocycles. The van der Waals surface area contributed by atoms with Crippen LogP contribution in [0.4, 0.5) is 10.2 Å². The van der Waals surface area contributed by atoms with Gasteiger partial charge in [-0.1, -0.05) is 12.1 Å². The average molecular weight is 406 g/mol. The summed E-state index contributed by atoms with van der Waals surface area (Å²) in [6, 6.07) is 4.64. The molecule has 0 saturated carbocycles. The van der Waals surface area contributed by atoms with Crippen LogP contribution in [0, 0.1) is 5.82 Å². The maximum Gasteiger partial charge on any atom is 0.214 e. The van der Waals surface area contributed by atoms with Crippen molar-refractivity contribution in [3.05, 3.63) is 42.0 Å². The smallest absolute Gasteiger partial charge is 0.214 e. The molecule has 0 fully saturated rings. The summed E-state index contributed by atoms with van der Waals surface area (Å²) in [7, 11) is -3.22. The molecule has 8 nitrogen and oxygen atoms in total. The van der Waals surface area contributed by atoms with Crippen molar-refractivity contribution < 1.29 is 15.7 Å². The first kappa shape index (κ1) is 18.5. The largest absolute Gasteiger partial charge is 0.382 e. The highest BCUT2D eigenvalue weighted by molar-refractivity contribution is 7.89. The fourth-order valence-electron chi connectivity index (χ4n) is 3.16. The Morgan fingerprint density at radius 1 is 1.36 bits per heavy atom. The van der Waals surface area contributed by atoms with E-state index in [0.29, 0.717) is 42.2 Å². The number of halogens is 1. The van der Waals surface area contributed by atoms with Crippen LogP contribution in [0.25, 0.3) is 28.1 Å². The van der Waals surface area contributed by atoms with E-state index in [4.69, 9.17) is 5.73 Å². The minimum absolute atomic E-state index is 0. The van der Waals surface area contributed by atoms with Gasteiger partial charge in [-0.25, -0.2) is 27.8 Å². The molecule has 0 spiro atoms. The van der Waals surface area contributed by atoms with E-state index in [1.807, 2.05) is 6.08 Å². The number of sulfonamides is 1. The van der Waals surface area contributed by atoms with Gasteiger partial charge in [0.1, 0.15) is 11.2 Å². The zero-order chi connectivity index (χ0) is 19.9. The van der Waals surface area contributed by atoms with Crippen LogP contribution < -0.4 is 5.73 Å². The summed E-state index contributed by atoms with van der Waals surface area (Å²) in [5.74, 6) is 0.146. The molecule has 0 unspecified atom stereocenters. The van der Waals surface area contributed by atoms with Crippen LogP contribution >= 0.6 is 0 Å². The number of benzene rings is 1. The van der Waals surface area contributed by atoms with Gasteiger partial charge in [-0.2, -0.15) is 4.31 Å². The molecule has 0 aliphatic carbocycles. The van der Waals surface area contributed by atoms with E-state index < -0.39 is 15.8 Å². The third kappa shape index (κ3) is 3.25. The quantitative estimate of drug-likeness (QED) is 0.688. The lowest BCUT2D eigenvalue weighted by atomic mass is 10.1. The number of H-pyrrole nitrogens is 1. The van der Waals surface area contributed by atoms with Gasteiger partial charge in [0.25, 0.3) is 0 Å². The number of para-hydroxylation sites is 1. The number of fused-ring (bicyclic) bond motifs is 1. The van der Waals surface area contributed by atoms with Gasteiger partial charge in [-0.15, -0.1) is 0 Å². The molecule has 0 bridgehead atoms. The topological polar surface area (TPSA) is 118 Å². The number of nitrogen functional groups attached to an aromatic ring is 1. The average Bonchev–Trinajstić information content (AvgIpc) is 3.14. The summed E-state index contributed by atoms with van der Waals surface area (Å²) in [5.41, 5.74) is 8.54. The van der Waals surface area contributed by atoms with E-state index in [0.717, 1.165) is 5.57 Å². The monoisotopic (exact) mass is 406 g/mol. The molecular formula is C18H23FN6O2S. The van der Waals surface area contributed by atoms with Crippen LogP contribution in [0.5, 0.6) is 0 Å². The van der Waals surface area contributed by atoms with Crippen molar-refractivity contribution in [2.24, 2.45) is 0 Å². The molecule has 1 aliphatic rings. The molecule has 0 atom stereocenters. The number of imidazole rings is 1. The van der Waals surface area contributed by atoms with Gasteiger partial charge in [0.2, 0.25) is 10.0 Å². The Kier molecular flexibility index (Phi) is 4.60. The van der Waals surface area contributed by atoms with Gasteiger partial charge >= 0.3 is 0 Å². The summed E-state index contributed by atoms with van der Waals surface area (Å²) in [6.45, 7) is 2.31. The van der Waals surface area contributed by atoms with Crippen LogP contribution in [0.15, 0.2) is 30.5 Å². The van der Waals surface area contributed by atoms with Crippen molar-refractivity contribution in [3.8, 4) is 11.5 Å². The molecule has 3 N–H and O–H groups in total. The summed E-state index contributed by atoms with van der Waals surface area (Å²) in [5, 5.41) is 0. The Balaban J connectivity index is 0.00000160. The predicted octanol–water partition coefficient (Wildman–Crippen LogP) is 2.67. The number of hydrogen-bond acceptors (Lipinski definition) is 6. The molecule has 4 rings (SSSR count). The number of rotatable bonds is 4. The molecule has 3 heterocycles. The summed E-state index contributed by atoms with van der Waals surface area (Å²) < 4.78 is 39.4. The third-order valence-corrected chi connectivity index (χ3v) is 6.60. The zero-order valence-electron chi connectivity index (χ0n) is 15.2. The van der Waals surface area contributed by atoms with E-state index in [-0.39, 0.29) is 19.9 Å². The first-order chi connectivity index (χ1) is 13.4. The first-order valence-electron chi connectivity index (χ1n) is 8.83. The molecule has 28 heavy (non-hydrogen) atoms. The predicted molar refractivity (Wildman–Crippen MR) is 109 cm³/mol. The van der Waals surface area contributed by atoms with Crippen LogP contribution in [-0.4, -0.2) is 51.5 Å². The highest BCUT2D eigenvalue weighted by Crippen LogP contribution is 2.28. The summed E-state index contributed by atoms with van der Waals surface area (Å²) in [4.78, 5) is 16.0. The van der Waals surface area contributed by atoms with Gasteiger partial charge in [0, 0.05) is 15.9 Å². The van der Waals surface area contributed by atoms with Crippen LogP contribution in [0.1, 0.15) is 21.9 Å². The van der Waals surface area contributed by atoms with Crippen molar-refractivity contribution in [3.63, 3.8) is 0 Å². The van der Waals surface area contributed by atoms with E-state index in [1.165, 1.54) is 10.4 Å². The fraction of sp³-hybridized carbons (Fsp3) is 0.278. The highest BCUT2D eigenvalue weighted by Gasteiger charge is 2.24. The Hall–Kier alpha value is -2.85. The Morgan fingerprint density at radius 3 is 2.86 bits per heavy atom. The van der Waals surface area contributed by atoms with Gasteiger partial charge < -0.3 is 10.7 Å². The Bertz CT molecular complexity index is 1200. The molecule has 3 aromatic rings. The summed E-state index contributed by atoms with van der Waals surface area (Å²) in [6.07, 6.45) is 3.91. The standard InChI is InChI=1S/C18H19FN6O2S.2H2/c1-2-28(26,27)25-8-6-11(7-9-25)14-10-21-17(20)16(22-14)18-23-13-5-3-4-12(19)15(13)24-18;;/h3-6,10H,2,7-9H2,1H3,(H2,20,21)(H,23,24);2*1H. The zero-order valence-corrected chi connectivity index (χ0v) is 16.0. The Labute approximate surface area is 164 Å². The lowest BCUT2D eigenvalue weighted by Gasteiger charge is -2.25. The molecule has 1 aromatic carbocycles. The Morgan fingerprint density at radius 2 is 2.18 bits per heavy atom. The molecule has 0 radical (unpaired) electrons. The van der Waals surface area contributed by atoms with Gasteiger partial charge in [-0.05, 0) is 31.1 Å². The number of nitrogens with one attached hydrogen (secondary N) is 1. The highest BCUT2D eigenvalue weighted by atomic mass is 32.2. The maximum atomic E-state index is 13.9. The normalized spacial score (nSPS) is 15.7. The van der Waals surface area contributed by atoms with E-state index >= 15 is 0 Å². The molecule has 0 saturated heterocycles. The van der Waals surface area contributed by atoms with E-state index in [2.05, 4.69) is 19.9 Å². The maximum absolute atomic E-state index is 13.9. The van der Waals surface area contributed by atoms with Crippen LogP contribution in [-0.2, 0) is 10.0 Å². The van der Waals surface area contributed by atoms with Crippen molar-refractivity contribution in [1.29, 1.82) is 0 Å². The van der Waals surface area contributed by atoms with Gasteiger partial charge in [0.05, 0.1) is 23.2 Å².